The molecule has 0 radical (unpaired) electrons. The Hall–Kier alpha value is -0.653. The van der Waals surface area contributed by atoms with E-state index in [4.69, 9.17) is 14.6 Å². The van der Waals surface area contributed by atoms with Gasteiger partial charge in [-0.2, -0.15) is 5.10 Å². The molecule has 0 bridgehead atoms. The molecule has 1 saturated carbocycles. The molecule has 4 nitrogen and oxygen atoms in total. The van der Waals surface area contributed by atoms with Gasteiger partial charge in [0.1, 0.15) is 12.3 Å². The summed E-state index contributed by atoms with van der Waals surface area (Å²) in [7, 11) is 0.322. The van der Waals surface area contributed by atoms with Crippen molar-refractivity contribution in [2.24, 2.45) is 11.0 Å². The Morgan fingerprint density at radius 1 is 1.47 bits per heavy atom. The fourth-order valence-corrected chi connectivity index (χ4v) is 5.57. The largest absolute Gasteiger partial charge is 0.359 e. The van der Waals surface area contributed by atoms with Gasteiger partial charge in [-0.15, -0.1) is 0 Å². The highest BCUT2D eigenvalue weighted by Gasteiger charge is 2.61. The topological polar surface area (TPSA) is 34.1 Å². The number of ether oxygens (including phenoxy) is 2. The molecule has 0 N–H and O–H groups in total. The van der Waals surface area contributed by atoms with Crippen molar-refractivity contribution in [3.8, 4) is 0 Å². The number of hydrazone groups is 1. The van der Waals surface area contributed by atoms with E-state index >= 15 is 0 Å². The maximum Gasteiger partial charge on any atom is 0.146 e. The molecule has 0 amide bonds. The minimum atomic E-state index is -1.35. The minimum absolute atomic E-state index is 0.0480. The lowest BCUT2D eigenvalue weighted by Gasteiger charge is -2.52. The number of hydrogen-bond donors (Lipinski definition) is 0. The summed E-state index contributed by atoms with van der Waals surface area (Å²) < 4.78 is 10.8. The van der Waals surface area contributed by atoms with Crippen molar-refractivity contribution in [2.45, 2.75) is 44.4 Å². The molecule has 106 valence electrons. The van der Waals surface area contributed by atoms with Crippen LogP contribution in [0.15, 0.2) is 16.9 Å². The average molecular weight is 280 g/mol. The molecule has 0 aromatic rings. The second kappa shape index (κ2) is 4.43. The Morgan fingerprint density at radius 3 is 2.95 bits per heavy atom. The molecule has 0 aromatic heterocycles. The number of hydrogen-bond acceptors (Lipinski definition) is 4. The van der Waals surface area contributed by atoms with Crippen molar-refractivity contribution in [3.05, 3.63) is 11.8 Å². The minimum Gasteiger partial charge on any atom is -0.359 e. The Kier molecular flexibility index (Phi) is 3.11. The molecule has 2 heterocycles. The summed E-state index contributed by atoms with van der Waals surface area (Å²) in [4.78, 5) is 0. The van der Waals surface area contributed by atoms with Crippen LogP contribution in [-0.4, -0.2) is 44.5 Å². The molecule has 1 aliphatic carbocycles. The quantitative estimate of drug-likeness (QED) is 0.441. The zero-order valence-electron chi connectivity index (χ0n) is 12.4. The maximum atomic E-state index is 5.73. The van der Waals surface area contributed by atoms with Gasteiger partial charge in [0.25, 0.3) is 0 Å². The Balaban J connectivity index is 1.86. The Bertz CT molecular complexity index is 441. The normalized spacial score (nSPS) is 32.6. The van der Waals surface area contributed by atoms with Gasteiger partial charge < -0.3 is 9.47 Å². The first-order valence-electron chi connectivity index (χ1n) is 7.16. The van der Waals surface area contributed by atoms with Crippen molar-refractivity contribution < 1.29 is 9.47 Å². The van der Waals surface area contributed by atoms with Gasteiger partial charge in [-0.1, -0.05) is 19.6 Å². The van der Waals surface area contributed by atoms with Crippen molar-refractivity contribution in [2.75, 3.05) is 20.5 Å². The van der Waals surface area contributed by atoms with Crippen LogP contribution < -0.4 is 0 Å². The fourth-order valence-electron chi connectivity index (χ4n) is 3.73. The second-order valence-electron chi connectivity index (χ2n) is 6.86. The van der Waals surface area contributed by atoms with Gasteiger partial charge >= 0.3 is 0 Å². The van der Waals surface area contributed by atoms with Gasteiger partial charge in [0, 0.05) is 24.6 Å². The third-order valence-corrected chi connectivity index (χ3v) is 6.58. The number of methoxy groups -OCH3 is 1. The van der Waals surface area contributed by atoms with Crippen LogP contribution in [0.5, 0.6) is 0 Å². The second-order valence-corrected chi connectivity index (χ2v) is 11.9. The van der Waals surface area contributed by atoms with Crippen LogP contribution in [0.3, 0.4) is 0 Å². The van der Waals surface area contributed by atoms with E-state index in [-0.39, 0.29) is 5.54 Å². The van der Waals surface area contributed by atoms with E-state index in [1.54, 1.807) is 7.11 Å². The summed E-state index contributed by atoms with van der Waals surface area (Å²) >= 11 is 0. The molecule has 3 aliphatic rings. The molecule has 3 rings (SSSR count). The summed E-state index contributed by atoms with van der Waals surface area (Å²) in [6.45, 7) is 8.29. The standard InChI is InChI=1S/C14H24N2O2Si/c1-17-10-18-9-14-11-6-5-7-12(14)13(19(2,3)4)15-16(14)8-11/h8,12H,5-7,9-10H2,1-4H3/t12?,14-/m0/s1. The van der Waals surface area contributed by atoms with Crippen LogP contribution in [0.2, 0.25) is 19.6 Å². The van der Waals surface area contributed by atoms with E-state index in [1.165, 1.54) is 30.2 Å². The van der Waals surface area contributed by atoms with E-state index in [9.17, 15) is 0 Å². The third kappa shape index (κ3) is 1.82. The van der Waals surface area contributed by atoms with Gasteiger partial charge in [0.05, 0.1) is 14.7 Å². The van der Waals surface area contributed by atoms with Gasteiger partial charge in [-0.05, 0) is 24.8 Å². The molecular weight excluding hydrogens is 256 g/mol. The Labute approximate surface area is 116 Å². The summed E-state index contributed by atoms with van der Waals surface area (Å²) in [5.41, 5.74) is 1.59. The van der Waals surface area contributed by atoms with Gasteiger partial charge in [0.15, 0.2) is 0 Å². The van der Waals surface area contributed by atoms with Crippen molar-refractivity contribution in [1.29, 1.82) is 0 Å². The van der Waals surface area contributed by atoms with E-state index < -0.39 is 8.07 Å². The van der Waals surface area contributed by atoms with Crippen molar-refractivity contribution in [1.82, 2.24) is 5.01 Å². The third-order valence-electron chi connectivity index (χ3n) is 4.60. The highest BCUT2D eigenvalue weighted by molar-refractivity contribution is 7.04. The van der Waals surface area contributed by atoms with Crippen LogP contribution in [-0.2, 0) is 9.47 Å². The molecule has 0 aromatic carbocycles. The van der Waals surface area contributed by atoms with Crippen molar-refractivity contribution >= 4 is 13.4 Å². The predicted molar refractivity (Wildman–Crippen MR) is 78.6 cm³/mol. The van der Waals surface area contributed by atoms with Gasteiger partial charge in [-0.3, -0.25) is 5.01 Å². The number of rotatable bonds is 5. The predicted octanol–water partition coefficient (Wildman–Crippen LogP) is 2.59. The van der Waals surface area contributed by atoms with Gasteiger partial charge in [-0.25, -0.2) is 0 Å². The molecule has 0 saturated heterocycles. The lowest BCUT2D eigenvalue weighted by atomic mass is 9.67. The average Bonchev–Trinajstić information content (AvgIpc) is 2.63. The van der Waals surface area contributed by atoms with E-state index in [2.05, 4.69) is 30.8 Å². The fraction of sp³-hybridized carbons (Fsp3) is 0.786. The lowest BCUT2D eigenvalue weighted by Crippen LogP contribution is -2.61. The summed E-state index contributed by atoms with van der Waals surface area (Å²) in [6.07, 6.45) is 5.99. The highest BCUT2D eigenvalue weighted by Crippen LogP contribution is 2.54. The zero-order valence-corrected chi connectivity index (χ0v) is 13.4. The zero-order chi connectivity index (χ0) is 13.7. The van der Waals surface area contributed by atoms with Crippen LogP contribution in [0.1, 0.15) is 19.3 Å². The molecule has 1 fully saturated rings. The lowest BCUT2D eigenvalue weighted by molar-refractivity contribution is -0.0795. The highest BCUT2D eigenvalue weighted by atomic mass is 28.3. The first-order chi connectivity index (χ1) is 9.00. The molecule has 0 spiro atoms. The molecule has 1 unspecified atom stereocenters. The Morgan fingerprint density at radius 2 is 2.26 bits per heavy atom. The maximum absolute atomic E-state index is 5.73. The van der Waals surface area contributed by atoms with E-state index in [0.717, 1.165) is 6.61 Å². The van der Waals surface area contributed by atoms with E-state index in [1.807, 2.05) is 0 Å². The summed E-state index contributed by atoms with van der Waals surface area (Å²) in [5.74, 6) is 0.574. The molecule has 19 heavy (non-hydrogen) atoms. The summed E-state index contributed by atoms with van der Waals surface area (Å²) in [6, 6.07) is 0. The molecule has 2 aliphatic heterocycles. The summed E-state index contributed by atoms with van der Waals surface area (Å²) in [5, 5.41) is 8.60. The monoisotopic (exact) mass is 280 g/mol. The SMILES string of the molecule is COCOC[C@@]12C3=CN1N=C([Si](C)(C)C)C2CCC3. The van der Waals surface area contributed by atoms with Crippen LogP contribution in [0.4, 0.5) is 0 Å². The molecular formula is C14H24N2O2Si. The number of nitrogens with zero attached hydrogens (tertiary/aromatic N) is 2. The van der Waals surface area contributed by atoms with Crippen LogP contribution >= 0.6 is 0 Å². The first-order valence-corrected chi connectivity index (χ1v) is 10.7. The molecule has 2 atom stereocenters. The molecule has 5 heteroatoms. The van der Waals surface area contributed by atoms with Crippen LogP contribution in [0.25, 0.3) is 0 Å². The van der Waals surface area contributed by atoms with Crippen molar-refractivity contribution in [3.63, 3.8) is 0 Å². The van der Waals surface area contributed by atoms with E-state index in [0.29, 0.717) is 12.7 Å². The van der Waals surface area contributed by atoms with Gasteiger partial charge in [0.2, 0.25) is 0 Å². The van der Waals surface area contributed by atoms with Crippen LogP contribution in [0, 0.1) is 5.92 Å². The smallest absolute Gasteiger partial charge is 0.146 e. The first kappa shape index (κ1) is 13.3.